The number of rotatable bonds is 11. The van der Waals surface area contributed by atoms with Crippen LogP contribution >= 0.6 is 11.6 Å². The molecule has 2 heterocycles. The fraction of sp³-hybridized carbons (Fsp3) is 0.417. The molecule has 1 aromatic heterocycles. The van der Waals surface area contributed by atoms with Gasteiger partial charge in [0.25, 0.3) is 0 Å². The summed E-state index contributed by atoms with van der Waals surface area (Å²) in [6.07, 6.45) is 11.2. The predicted octanol–water partition coefficient (Wildman–Crippen LogP) is 3.60. The Morgan fingerprint density at radius 1 is 1.30 bits per heavy atom. The van der Waals surface area contributed by atoms with Crippen LogP contribution in [0.5, 0.6) is 0 Å². The van der Waals surface area contributed by atoms with Gasteiger partial charge in [-0.1, -0.05) is 29.8 Å². The largest absolute Gasteiger partial charge is 0.469 e. The molecule has 1 fully saturated rings. The van der Waals surface area contributed by atoms with Crippen LogP contribution in [0.25, 0.3) is 0 Å². The van der Waals surface area contributed by atoms with Crippen LogP contribution in [0.3, 0.4) is 0 Å². The lowest BCUT2D eigenvalue weighted by Crippen LogP contribution is -2.37. The van der Waals surface area contributed by atoms with Crippen molar-refractivity contribution < 1.29 is 17.9 Å². The smallest absolute Gasteiger partial charge is 0.305 e. The van der Waals surface area contributed by atoms with E-state index in [1.54, 1.807) is 18.3 Å². The predicted molar refractivity (Wildman–Crippen MR) is 128 cm³/mol. The molecule has 0 unspecified atom stereocenters. The first-order chi connectivity index (χ1) is 15.9. The van der Waals surface area contributed by atoms with Crippen molar-refractivity contribution >= 4 is 27.6 Å². The van der Waals surface area contributed by atoms with Crippen LogP contribution in [0.1, 0.15) is 31.2 Å². The van der Waals surface area contributed by atoms with Gasteiger partial charge >= 0.3 is 5.97 Å². The third-order valence-electron chi connectivity index (χ3n) is 5.64. The van der Waals surface area contributed by atoms with Gasteiger partial charge < -0.3 is 4.74 Å². The minimum Gasteiger partial charge on any atom is -0.469 e. The van der Waals surface area contributed by atoms with Crippen LogP contribution in [-0.4, -0.2) is 56.6 Å². The highest BCUT2D eigenvalue weighted by atomic mass is 35.5. The fourth-order valence-corrected chi connectivity index (χ4v) is 5.28. The molecule has 0 spiro atoms. The number of carbonyl (C=O) groups is 1. The maximum Gasteiger partial charge on any atom is 0.305 e. The van der Waals surface area contributed by atoms with Crippen LogP contribution in [-0.2, 0) is 26.0 Å². The molecule has 1 aliphatic heterocycles. The number of unbranched alkanes of at least 4 members (excludes halogenated alkanes) is 1. The Labute approximate surface area is 200 Å². The van der Waals surface area contributed by atoms with Crippen molar-refractivity contribution in [1.29, 1.82) is 0 Å². The molecule has 0 aliphatic carbocycles. The Bertz CT molecular complexity index is 1030. The number of sulfonamides is 1. The lowest BCUT2D eigenvalue weighted by atomic mass is 10.1. The summed E-state index contributed by atoms with van der Waals surface area (Å²) in [5.41, 5.74) is 1.14. The fourth-order valence-electron chi connectivity index (χ4n) is 3.92. The van der Waals surface area contributed by atoms with Crippen LogP contribution in [0.4, 0.5) is 0 Å². The topological polar surface area (TPSA) is 88.6 Å². The van der Waals surface area contributed by atoms with Crippen molar-refractivity contribution in [2.75, 3.05) is 20.2 Å². The summed E-state index contributed by atoms with van der Waals surface area (Å²) < 4.78 is 33.2. The monoisotopic (exact) mass is 491 g/mol. The minimum atomic E-state index is -3.64. The number of halogens is 1. The molecule has 0 bridgehead atoms. The van der Waals surface area contributed by atoms with Crippen LogP contribution in [0, 0.1) is 0 Å². The van der Waals surface area contributed by atoms with Gasteiger partial charge in [0, 0.05) is 49.0 Å². The highest BCUT2D eigenvalue weighted by Gasteiger charge is 2.33. The number of ether oxygens (including phenoxy) is 1. The Balaban J connectivity index is 1.63. The van der Waals surface area contributed by atoms with Gasteiger partial charge in [0.05, 0.1) is 12.0 Å². The van der Waals surface area contributed by atoms with Gasteiger partial charge in [-0.15, -0.1) is 0 Å². The van der Waals surface area contributed by atoms with Gasteiger partial charge in [-0.05, 0) is 61.6 Å². The number of methoxy groups -OCH3 is 1. The molecular weight excluding hydrogens is 462 g/mol. The van der Waals surface area contributed by atoms with Crippen molar-refractivity contribution in [3.8, 4) is 0 Å². The number of carbonyl (C=O) groups excluding carboxylic acids is 1. The van der Waals surface area contributed by atoms with Crippen molar-refractivity contribution in [1.82, 2.24) is 14.6 Å². The van der Waals surface area contributed by atoms with E-state index in [9.17, 15) is 13.2 Å². The number of likely N-dealkylation sites (tertiary alicyclic amines) is 1. The van der Waals surface area contributed by atoms with E-state index < -0.39 is 10.0 Å². The highest BCUT2D eigenvalue weighted by molar-refractivity contribution is 7.89. The second-order valence-corrected chi connectivity index (χ2v) is 10.2. The second-order valence-electron chi connectivity index (χ2n) is 8.08. The number of hydrogen-bond donors (Lipinski definition) is 1. The van der Waals surface area contributed by atoms with Crippen molar-refractivity contribution in [2.24, 2.45) is 0 Å². The lowest BCUT2D eigenvalue weighted by molar-refractivity contribution is -0.140. The van der Waals surface area contributed by atoms with E-state index in [2.05, 4.69) is 31.5 Å². The SMILES string of the molecule is COC(=O)CCCC=C[C@@H]1C[C@@H](NS(=O)(=O)c2ccc(Cl)cc2)CN1CCc1cccnc1. The highest BCUT2D eigenvalue weighted by Crippen LogP contribution is 2.22. The van der Waals surface area contributed by atoms with E-state index in [1.807, 2.05) is 18.3 Å². The average Bonchev–Trinajstić information content (AvgIpc) is 3.18. The van der Waals surface area contributed by atoms with Gasteiger partial charge in [0.15, 0.2) is 0 Å². The average molecular weight is 492 g/mol. The van der Waals surface area contributed by atoms with E-state index in [1.165, 1.54) is 19.2 Å². The van der Waals surface area contributed by atoms with Crippen molar-refractivity contribution in [3.05, 3.63) is 71.5 Å². The maximum absolute atomic E-state index is 12.8. The molecule has 1 N–H and O–H groups in total. The molecule has 1 aliphatic rings. The first-order valence-electron chi connectivity index (χ1n) is 11.0. The molecule has 1 aromatic carbocycles. The molecule has 0 amide bonds. The van der Waals surface area contributed by atoms with E-state index in [-0.39, 0.29) is 22.9 Å². The maximum atomic E-state index is 12.8. The summed E-state index contributed by atoms with van der Waals surface area (Å²) >= 11 is 5.89. The van der Waals surface area contributed by atoms with Crippen LogP contribution in [0.2, 0.25) is 5.02 Å². The third kappa shape index (κ3) is 7.92. The number of allylic oxidation sites excluding steroid dienone is 1. The Morgan fingerprint density at radius 2 is 2.09 bits per heavy atom. The number of hydrogen-bond acceptors (Lipinski definition) is 6. The van der Waals surface area contributed by atoms with E-state index in [4.69, 9.17) is 11.6 Å². The van der Waals surface area contributed by atoms with Gasteiger partial charge in [-0.25, -0.2) is 13.1 Å². The Kier molecular flexibility index (Phi) is 9.43. The second kappa shape index (κ2) is 12.3. The first-order valence-corrected chi connectivity index (χ1v) is 12.9. The van der Waals surface area contributed by atoms with Gasteiger partial charge in [-0.2, -0.15) is 0 Å². The van der Waals surface area contributed by atoms with Crippen molar-refractivity contribution in [3.63, 3.8) is 0 Å². The zero-order valence-corrected chi connectivity index (χ0v) is 20.3. The van der Waals surface area contributed by atoms with Crippen LogP contribution in [0.15, 0.2) is 65.8 Å². The normalized spacial score (nSPS) is 19.2. The molecular formula is C24H30ClN3O4S. The summed E-state index contributed by atoms with van der Waals surface area (Å²) in [5, 5.41) is 0.494. The molecule has 3 rings (SSSR count). The first kappa shape index (κ1) is 25.4. The van der Waals surface area contributed by atoms with Crippen LogP contribution < -0.4 is 4.72 Å². The number of pyridine rings is 1. The number of aromatic nitrogens is 1. The summed E-state index contributed by atoms with van der Waals surface area (Å²) in [6.45, 7) is 1.41. The minimum absolute atomic E-state index is 0.109. The molecule has 7 nitrogen and oxygen atoms in total. The zero-order chi connectivity index (χ0) is 23.7. The lowest BCUT2D eigenvalue weighted by Gasteiger charge is -2.21. The summed E-state index contributed by atoms with van der Waals surface area (Å²) in [5.74, 6) is -0.209. The quantitative estimate of drug-likeness (QED) is 0.293. The zero-order valence-electron chi connectivity index (χ0n) is 18.7. The van der Waals surface area contributed by atoms with Gasteiger partial charge in [-0.3, -0.25) is 14.7 Å². The molecule has 0 saturated carbocycles. The molecule has 9 heteroatoms. The third-order valence-corrected chi connectivity index (χ3v) is 7.43. The Morgan fingerprint density at radius 3 is 2.79 bits per heavy atom. The number of nitrogens with zero attached hydrogens (tertiary/aromatic N) is 2. The van der Waals surface area contributed by atoms with Gasteiger partial charge in [0.2, 0.25) is 10.0 Å². The molecule has 178 valence electrons. The molecule has 2 atom stereocenters. The standard InChI is InChI=1S/C24H30ClN3O4S/c1-32-24(29)8-4-2-3-7-22-16-21(18-28(22)15-13-19-6-5-14-26-17-19)27-33(30,31)23-11-9-20(25)10-12-23/h3,5-7,9-12,14,17,21-22,27H,2,4,8,13,15-16,18H2,1H3/t21-,22-/m1/s1. The van der Waals surface area contributed by atoms with E-state index >= 15 is 0 Å². The summed E-state index contributed by atoms with van der Waals surface area (Å²) in [7, 11) is -2.25. The number of nitrogens with one attached hydrogen (secondary N) is 1. The van der Waals surface area contributed by atoms with Gasteiger partial charge in [0.1, 0.15) is 0 Å². The van der Waals surface area contributed by atoms with Crippen molar-refractivity contribution in [2.45, 2.75) is 49.1 Å². The summed E-state index contributed by atoms with van der Waals surface area (Å²) in [4.78, 5) is 17.9. The number of esters is 1. The Hall–Kier alpha value is -2.26. The summed E-state index contributed by atoms with van der Waals surface area (Å²) in [6, 6.07) is 10.0. The number of benzene rings is 1. The van der Waals surface area contributed by atoms with E-state index in [0.29, 0.717) is 24.4 Å². The molecule has 0 radical (unpaired) electrons. The molecule has 33 heavy (non-hydrogen) atoms. The molecule has 2 aromatic rings. The van der Waals surface area contributed by atoms with E-state index in [0.717, 1.165) is 31.4 Å². The molecule has 1 saturated heterocycles.